The Morgan fingerprint density at radius 3 is 2.58 bits per heavy atom. The van der Waals surface area contributed by atoms with E-state index in [1.807, 2.05) is 30.3 Å². The molecule has 0 aliphatic carbocycles. The monoisotopic (exact) mass is 365 g/mol. The maximum atomic E-state index is 12.4. The second kappa shape index (κ2) is 7.83. The van der Waals surface area contributed by atoms with Gasteiger partial charge in [0.25, 0.3) is 0 Å². The summed E-state index contributed by atoms with van der Waals surface area (Å²) in [6, 6.07) is 14.2. The van der Waals surface area contributed by atoms with Crippen LogP contribution < -0.4 is 27.0 Å². The summed E-state index contributed by atoms with van der Waals surface area (Å²) in [4.78, 5) is 12.4. The summed E-state index contributed by atoms with van der Waals surface area (Å²) in [6.45, 7) is 0.408. The van der Waals surface area contributed by atoms with Gasteiger partial charge in [-0.15, -0.1) is 0 Å². The topological polar surface area (TPSA) is 77.2 Å². The zero-order valence-electron chi connectivity index (χ0n) is 12.6. The van der Waals surface area contributed by atoms with Crippen molar-refractivity contribution in [2.75, 3.05) is 5.32 Å². The third kappa shape index (κ3) is 4.37. The molecule has 126 valence electrons. The Hall–Kier alpha value is -1.83. The van der Waals surface area contributed by atoms with Crippen LogP contribution in [0.3, 0.4) is 0 Å². The molecule has 2 aromatic carbocycles. The summed E-state index contributed by atoms with van der Waals surface area (Å²) in [5.41, 5.74) is 10.4. The lowest BCUT2D eigenvalue weighted by molar-refractivity contribution is -0.123. The van der Waals surface area contributed by atoms with E-state index in [1.54, 1.807) is 18.2 Å². The zero-order valence-corrected chi connectivity index (χ0v) is 14.2. The van der Waals surface area contributed by atoms with Crippen LogP contribution in [0.25, 0.3) is 0 Å². The summed E-state index contributed by atoms with van der Waals surface area (Å²) in [7, 11) is 0. The molecule has 1 saturated heterocycles. The molecule has 2 aromatic rings. The molecular weight excluding hydrogens is 349 g/mol. The third-order valence-electron chi connectivity index (χ3n) is 3.59. The third-order valence-corrected chi connectivity index (χ3v) is 4.08. The molecule has 0 spiro atoms. The van der Waals surface area contributed by atoms with E-state index in [2.05, 4.69) is 27.0 Å². The van der Waals surface area contributed by atoms with E-state index in [0.29, 0.717) is 16.6 Å². The fourth-order valence-electron chi connectivity index (χ4n) is 2.37. The Labute approximate surface area is 149 Å². The lowest BCUT2D eigenvalue weighted by Crippen LogP contribution is -2.50. The average Bonchev–Trinajstić information content (AvgIpc) is 3.03. The number of carbonyl (C=O) groups is 1. The van der Waals surface area contributed by atoms with E-state index in [1.165, 1.54) is 0 Å². The molecule has 1 heterocycles. The molecule has 2 unspecified atom stereocenters. The number of rotatable bonds is 5. The Kier molecular flexibility index (Phi) is 5.55. The molecule has 1 fully saturated rings. The Balaban J connectivity index is 1.58. The van der Waals surface area contributed by atoms with E-state index in [0.717, 1.165) is 11.3 Å². The van der Waals surface area contributed by atoms with Crippen LogP contribution in [0, 0.1) is 0 Å². The molecule has 0 aromatic heterocycles. The van der Waals surface area contributed by atoms with Crippen LogP contribution in [0.4, 0.5) is 5.69 Å². The first-order chi connectivity index (χ1) is 11.6. The number of hydrazine groups is 2. The minimum atomic E-state index is -0.486. The predicted octanol–water partition coefficient (Wildman–Crippen LogP) is 2.03. The molecule has 0 bridgehead atoms. The van der Waals surface area contributed by atoms with Crippen molar-refractivity contribution in [1.29, 1.82) is 0 Å². The number of carbonyl (C=O) groups excluding carboxylic acids is 1. The number of benzene rings is 2. The molecule has 1 aliphatic heterocycles. The van der Waals surface area contributed by atoms with Crippen LogP contribution in [0.5, 0.6) is 0 Å². The zero-order chi connectivity index (χ0) is 16.9. The van der Waals surface area contributed by atoms with E-state index >= 15 is 0 Å². The second-order valence-electron chi connectivity index (χ2n) is 5.37. The van der Waals surface area contributed by atoms with Gasteiger partial charge in [-0.2, -0.15) is 5.53 Å². The van der Waals surface area contributed by atoms with Crippen LogP contribution in [0.1, 0.15) is 5.56 Å². The van der Waals surface area contributed by atoms with Crippen molar-refractivity contribution in [3.8, 4) is 0 Å². The number of anilines is 1. The summed E-state index contributed by atoms with van der Waals surface area (Å²) in [6.07, 6.45) is -0.314. The summed E-state index contributed by atoms with van der Waals surface area (Å²) < 4.78 is 0. The van der Waals surface area contributed by atoms with Gasteiger partial charge in [-0.25, -0.2) is 10.9 Å². The molecule has 5 N–H and O–H groups in total. The fourth-order valence-corrected chi connectivity index (χ4v) is 2.71. The SMILES string of the molecule is O=C(NCc1cccc(Cl)c1)C1NNNC1Nc1ccc(Cl)cc1. The Morgan fingerprint density at radius 1 is 1.04 bits per heavy atom. The van der Waals surface area contributed by atoms with E-state index < -0.39 is 6.04 Å². The van der Waals surface area contributed by atoms with Crippen LogP contribution in [-0.4, -0.2) is 18.1 Å². The largest absolute Gasteiger partial charge is 0.367 e. The van der Waals surface area contributed by atoms with Crippen molar-refractivity contribution in [3.63, 3.8) is 0 Å². The van der Waals surface area contributed by atoms with Gasteiger partial charge in [0, 0.05) is 22.3 Å². The molecule has 2 atom stereocenters. The number of halogens is 2. The van der Waals surface area contributed by atoms with Gasteiger partial charge in [-0.05, 0) is 42.0 Å². The number of hydrogen-bond acceptors (Lipinski definition) is 5. The molecule has 1 aliphatic rings. The van der Waals surface area contributed by atoms with Crippen molar-refractivity contribution in [2.45, 2.75) is 18.8 Å². The summed E-state index contributed by atoms with van der Waals surface area (Å²) in [5.74, 6) is -0.140. The number of hydrogen-bond donors (Lipinski definition) is 5. The lowest BCUT2D eigenvalue weighted by Gasteiger charge is -2.20. The van der Waals surface area contributed by atoms with Crippen LogP contribution >= 0.6 is 23.2 Å². The van der Waals surface area contributed by atoms with Crippen LogP contribution in [-0.2, 0) is 11.3 Å². The minimum Gasteiger partial charge on any atom is -0.367 e. The Bertz CT molecular complexity index is 710. The summed E-state index contributed by atoms with van der Waals surface area (Å²) >= 11 is 11.8. The molecule has 1 amide bonds. The maximum absolute atomic E-state index is 12.4. The van der Waals surface area contributed by atoms with Gasteiger partial charge >= 0.3 is 0 Å². The molecule has 6 nitrogen and oxygen atoms in total. The van der Waals surface area contributed by atoms with Crippen LogP contribution in [0.2, 0.25) is 10.0 Å². The normalized spacial score (nSPS) is 19.9. The predicted molar refractivity (Wildman–Crippen MR) is 95.4 cm³/mol. The first-order valence-electron chi connectivity index (χ1n) is 7.42. The first kappa shape index (κ1) is 17.0. The molecule has 24 heavy (non-hydrogen) atoms. The average molecular weight is 366 g/mol. The van der Waals surface area contributed by atoms with Crippen molar-refractivity contribution in [3.05, 3.63) is 64.1 Å². The van der Waals surface area contributed by atoms with Gasteiger partial charge in [0.15, 0.2) is 0 Å². The van der Waals surface area contributed by atoms with Gasteiger partial charge in [-0.3, -0.25) is 4.79 Å². The highest BCUT2D eigenvalue weighted by atomic mass is 35.5. The van der Waals surface area contributed by atoms with Gasteiger partial charge < -0.3 is 10.6 Å². The van der Waals surface area contributed by atoms with E-state index in [-0.39, 0.29) is 12.1 Å². The van der Waals surface area contributed by atoms with Gasteiger partial charge in [0.1, 0.15) is 12.2 Å². The quantitative estimate of drug-likeness (QED) is 0.560. The molecular formula is C16H17Cl2N5O. The highest BCUT2D eigenvalue weighted by Gasteiger charge is 2.32. The smallest absolute Gasteiger partial charge is 0.242 e. The Morgan fingerprint density at radius 2 is 1.83 bits per heavy atom. The van der Waals surface area contributed by atoms with Crippen molar-refractivity contribution >= 4 is 34.8 Å². The van der Waals surface area contributed by atoms with Crippen molar-refractivity contribution in [1.82, 2.24) is 21.7 Å². The van der Waals surface area contributed by atoms with Crippen molar-refractivity contribution in [2.24, 2.45) is 0 Å². The summed E-state index contributed by atoms with van der Waals surface area (Å²) in [5, 5.41) is 7.43. The maximum Gasteiger partial charge on any atom is 0.242 e. The van der Waals surface area contributed by atoms with E-state index in [9.17, 15) is 4.79 Å². The van der Waals surface area contributed by atoms with Gasteiger partial charge in [0.05, 0.1) is 0 Å². The fraction of sp³-hybridized carbons (Fsp3) is 0.188. The van der Waals surface area contributed by atoms with Crippen molar-refractivity contribution < 1.29 is 4.79 Å². The highest BCUT2D eigenvalue weighted by Crippen LogP contribution is 2.15. The minimum absolute atomic E-state index is 0.140. The van der Waals surface area contributed by atoms with E-state index in [4.69, 9.17) is 23.2 Å². The highest BCUT2D eigenvalue weighted by molar-refractivity contribution is 6.30. The van der Waals surface area contributed by atoms with Gasteiger partial charge in [0.2, 0.25) is 5.91 Å². The number of nitrogens with one attached hydrogen (secondary N) is 5. The standard InChI is InChI=1S/C16H17Cl2N5O/c17-11-4-6-13(7-5-11)20-15-14(21-23-22-15)16(24)19-9-10-2-1-3-12(18)8-10/h1-8,14-15,20-23H,9H2,(H,19,24). The molecule has 0 radical (unpaired) electrons. The number of amides is 1. The molecule has 8 heteroatoms. The lowest BCUT2D eigenvalue weighted by atomic mass is 10.2. The molecule has 3 rings (SSSR count). The van der Waals surface area contributed by atoms with Gasteiger partial charge in [-0.1, -0.05) is 35.3 Å². The van der Waals surface area contributed by atoms with Crippen LogP contribution in [0.15, 0.2) is 48.5 Å². The molecule has 0 saturated carbocycles. The second-order valence-corrected chi connectivity index (χ2v) is 6.24. The first-order valence-corrected chi connectivity index (χ1v) is 8.18.